The minimum atomic E-state index is -1.84. The summed E-state index contributed by atoms with van der Waals surface area (Å²) in [6, 6.07) is 8.39. The Labute approximate surface area is 243 Å². The fourth-order valence-corrected chi connectivity index (χ4v) is 12.6. The van der Waals surface area contributed by atoms with Crippen molar-refractivity contribution in [3.63, 3.8) is 0 Å². The van der Waals surface area contributed by atoms with E-state index in [0.717, 1.165) is 57.9 Å². The van der Waals surface area contributed by atoms with Crippen molar-refractivity contribution in [1.82, 2.24) is 14.7 Å². The molecule has 0 aromatic heterocycles. The molecule has 1 aromatic rings. The Balaban J connectivity index is 1.31. The van der Waals surface area contributed by atoms with Gasteiger partial charge in [-0.15, -0.1) is 0 Å². The van der Waals surface area contributed by atoms with Gasteiger partial charge in [-0.1, -0.05) is 65.8 Å². The summed E-state index contributed by atoms with van der Waals surface area (Å²) < 4.78 is 13.3. The highest BCUT2D eigenvalue weighted by atomic mass is 28.4. The van der Waals surface area contributed by atoms with Crippen LogP contribution in [0.3, 0.4) is 0 Å². The van der Waals surface area contributed by atoms with Gasteiger partial charge in [0, 0.05) is 45.4 Å². The highest BCUT2D eigenvalue weighted by Gasteiger charge is 2.45. The minimum absolute atomic E-state index is 0.0288. The van der Waals surface area contributed by atoms with Crippen LogP contribution >= 0.6 is 0 Å². The molecule has 3 unspecified atom stereocenters. The SMILES string of the molecule is CC(C)[Si](OCCN1CCN(C(=N)N2C=C(OC3CCC(N)c4ccccc43)C=CC2[NH3+])CC1)(C(C)C)C(C)C. The van der Waals surface area contributed by atoms with Crippen LogP contribution in [0.25, 0.3) is 0 Å². The molecule has 2 aliphatic heterocycles. The second kappa shape index (κ2) is 13.2. The maximum Gasteiger partial charge on any atom is 0.202 e. The predicted molar refractivity (Wildman–Crippen MR) is 165 cm³/mol. The molecule has 3 atom stereocenters. The number of quaternary nitrogens is 1. The van der Waals surface area contributed by atoms with Crippen LogP contribution in [0.1, 0.15) is 77.7 Å². The number of hydrogen-bond acceptors (Lipinski definition) is 5. The van der Waals surface area contributed by atoms with Gasteiger partial charge in [-0.25, -0.2) is 0 Å². The topological polar surface area (TPSA) is 106 Å². The number of nitrogens with two attached hydrogens (primary N) is 1. The van der Waals surface area contributed by atoms with E-state index >= 15 is 0 Å². The van der Waals surface area contributed by atoms with Crippen molar-refractivity contribution >= 4 is 14.3 Å². The molecule has 40 heavy (non-hydrogen) atoms. The Morgan fingerprint density at radius 1 is 1.00 bits per heavy atom. The first-order chi connectivity index (χ1) is 19.0. The predicted octanol–water partition coefficient (Wildman–Crippen LogP) is 4.56. The van der Waals surface area contributed by atoms with Crippen LogP contribution in [0.15, 0.2) is 48.4 Å². The zero-order valence-electron chi connectivity index (χ0n) is 25.6. The number of piperazine rings is 1. The molecular weight excluding hydrogens is 516 g/mol. The van der Waals surface area contributed by atoms with Crippen LogP contribution < -0.4 is 11.5 Å². The molecule has 1 saturated heterocycles. The van der Waals surface area contributed by atoms with Gasteiger partial charge in [0.2, 0.25) is 5.96 Å². The molecule has 4 rings (SSSR count). The summed E-state index contributed by atoms with van der Waals surface area (Å²) >= 11 is 0. The van der Waals surface area contributed by atoms with Gasteiger partial charge in [0.15, 0.2) is 14.5 Å². The van der Waals surface area contributed by atoms with E-state index in [4.69, 9.17) is 20.3 Å². The van der Waals surface area contributed by atoms with E-state index in [0.29, 0.717) is 22.6 Å². The van der Waals surface area contributed by atoms with Gasteiger partial charge in [-0.2, -0.15) is 0 Å². The normalized spacial score (nSPS) is 24.1. The zero-order valence-corrected chi connectivity index (χ0v) is 26.6. The molecule has 1 aromatic carbocycles. The Kier molecular flexibility index (Phi) is 10.2. The standard InChI is InChI=1S/C31H52N6O2Si/c1-22(2)40(23(3)4,24(5)6)38-20-19-35-15-17-36(18-16-35)31(34)37-21-25(11-14-30(37)33)39-29-13-12-28(32)26-9-7-8-10-27(26)29/h7-11,14,21-24,28-30,34H,12-13,15-20,32-33H2,1-6H3/p+1. The number of allylic oxidation sites excluding steroid dienone is 1. The lowest BCUT2D eigenvalue weighted by atomic mass is 9.86. The van der Waals surface area contributed by atoms with Crippen molar-refractivity contribution in [3.8, 4) is 0 Å². The smallest absolute Gasteiger partial charge is 0.202 e. The molecule has 0 saturated carbocycles. The summed E-state index contributed by atoms with van der Waals surface area (Å²) in [6.45, 7) is 19.3. The van der Waals surface area contributed by atoms with E-state index in [2.05, 4.69) is 75.3 Å². The monoisotopic (exact) mass is 569 g/mol. The molecule has 8 nitrogen and oxygen atoms in total. The first kappa shape index (κ1) is 30.8. The highest BCUT2D eigenvalue weighted by molar-refractivity contribution is 6.77. The van der Waals surface area contributed by atoms with Crippen molar-refractivity contribution in [2.24, 2.45) is 5.73 Å². The summed E-state index contributed by atoms with van der Waals surface area (Å²) in [5.41, 5.74) is 14.8. The third kappa shape index (κ3) is 6.49. The molecule has 0 amide bonds. The average molecular weight is 570 g/mol. The van der Waals surface area contributed by atoms with Gasteiger partial charge in [0.1, 0.15) is 11.9 Å². The van der Waals surface area contributed by atoms with Crippen molar-refractivity contribution in [1.29, 1.82) is 5.41 Å². The van der Waals surface area contributed by atoms with Crippen LogP contribution in [-0.4, -0.2) is 74.5 Å². The van der Waals surface area contributed by atoms with Crippen LogP contribution in [0.4, 0.5) is 0 Å². The third-order valence-corrected chi connectivity index (χ3v) is 15.4. The van der Waals surface area contributed by atoms with Gasteiger partial charge in [0.25, 0.3) is 0 Å². The van der Waals surface area contributed by atoms with Crippen LogP contribution in [-0.2, 0) is 9.16 Å². The summed E-state index contributed by atoms with van der Waals surface area (Å²) in [5, 5.41) is 9.01. The molecule has 2 heterocycles. The fraction of sp³-hybridized carbons (Fsp3) is 0.645. The van der Waals surface area contributed by atoms with E-state index in [1.807, 2.05) is 29.3 Å². The highest BCUT2D eigenvalue weighted by Crippen LogP contribution is 2.42. The lowest BCUT2D eigenvalue weighted by Crippen LogP contribution is -2.70. The summed E-state index contributed by atoms with van der Waals surface area (Å²) in [5.74, 6) is 1.25. The number of nitrogens with zero attached hydrogens (tertiary/aromatic N) is 3. The van der Waals surface area contributed by atoms with Crippen molar-refractivity contribution in [2.75, 3.05) is 39.3 Å². The molecule has 3 aliphatic rings. The molecule has 0 spiro atoms. The van der Waals surface area contributed by atoms with Crippen molar-refractivity contribution in [2.45, 2.75) is 89.3 Å². The Morgan fingerprint density at radius 3 is 2.25 bits per heavy atom. The number of guanidine groups is 1. The van der Waals surface area contributed by atoms with Gasteiger partial charge in [0.05, 0.1) is 6.20 Å². The second-order valence-electron chi connectivity index (χ2n) is 12.6. The van der Waals surface area contributed by atoms with E-state index in [1.54, 1.807) is 0 Å². The molecule has 9 heteroatoms. The molecule has 0 bridgehead atoms. The molecule has 1 aliphatic carbocycles. The maximum atomic E-state index is 9.01. The number of fused-ring (bicyclic) bond motifs is 1. The summed E-state index contributed by atoms with van der Waals surface area (Å²) in [4.78, 5) is 6.58. The Hall–Kier alpha value is -2.17. The van der Waals surface area contributed by atoms with Gasteiger partial charge in [-0.3, -0.25) is 15.2 Å². The molecule has 6 N–H and O–H groups in total. The average Bonchev–Trinajstić information content (AvgIpc) is 2.93. The fourth-order valence-electron chi connectivity index (χ4n) is 7.13. The maximum absolute atomic E-state index is 9.01. The third-order valence-electron chi connectivity index (χ3n) is 9.25. The summed E-state index contributed by atoms with van der Waals surface area (Å²) in [7, 11) is -1.84. The van der Waals surface area contributed by atoms with Crippen LogP contribution in [0, 0.1) is 5.41 Å². The molecular formula is C31H53N6O2Si+. The van der Waals surface area contributed by atoms with Gasteiger partial charge >= 0.3 is 0 Å². The largest absolute Gasteiger partial charge is 0.484 e. The first-order valence-electron chi connectivity index (χ1n) is 15.3. The summed E-state index contributed by atoms with van der Waals surface area (Å²) in [6.07, 6.45) is 7.58. The molecule has 222 valence electrons. The second-order valence-corrected chi connectivity index (χ2v) is 18.1. The lowest BCUT2D eigenvalue weighted by Gasteiger charge is -2.43. The quantitative estimate of drug-likeness (QED) is 0.229. The Bertz CT molecular complexity index is 1040. The molecule has 0 radical (unpaired) electrons. The van der Waals surface area contributed by atoms with E-state index < -0.39 is 8.32 Å². The lowest BCUT2D eigenvalue weighted by molar-refractivity contribution is -0.428. The number of benzene rings is 1. The molecule has 1 fully saturated rings. The van der Waals surface area contributed by atoms with E-state index in [9.17, 15) is 0 Å². The first-order valence-corrected chi connectivity index (χ1v) is 17.4. The Morgan fingerprint density at radius 2 is 1.62 bits per heavy atom. The number of hydrogen-bond donors (Lipinski definition) is 3. The number of rotatable bonds is 9. The number of ether oxygens (including phenoxy) is 1. The van der Waals surface area contributed by atoms with Crippen LogP contribution in [0.5, 0.6) is 0 Å². The van der Waals surface area contributed by atoms with Gasteiger partial charge in [-0.05, 0) is 52.7 Å². The van der Waals surface area contributed by atoms with Crippen molar-refractivity contribution < 1.29 is 14.9 Å². The minimum Gasteiger partial charge on any atom is -0.484 e. The number of nitrogens with one attached hydrogen (secondary N) is 1. The van der Waals surface area contributed by atoms with Crippen LogP contribution in [0.2, 0.25) is 16.6 Å². The van der Waals surface area contributed by atoms with Gasteiger partial charge < -0.3 is 25.5 Å². The zero-order chi connectivity index (χ0) is 29.0. The van der Waals surface area contributed by atoms with Crippen molar-refractivity contribution in [3.05, 3.63) is 59.5 Å². The van der Waals surface area contributed by atoms with E-state index in [1.165, 1.54) is 11.1 Å². The van der Waals surface area contributed by atoms with E-state index in [-0.39, 0.29) is 18.3 Å².